The monoisotopic (exact) mass is 492 g/mol. The number of halogens is 1. The number of hydrogen-bond acceptors (Lipinski definition) is 6. The summed E-state index contributed by atoms with van der Waals surface area (Å²) in [6.45, 7) is 0.844. The van der Waals surface area contributed by atoms with Crippen LogP contribution in [0, 0.1) is 0 Å². The Morgan fingerprint density at radius 2 is 1.91 bits per heavy atom. The van der Waals surface area contributed by atoms with Crippen molar-refractivity contribution < 1.29 is 9.59 Å². The van der Waals surface area contributed by atoms with E-state index in [4.69, 9.17) is 11.6 Å². The summed E-state index contributed by atoms with van der Waals surface area (Å²) in [6.07, 6.45) is 2.09. The van der Waals surface area contributed by atoms with Gasteiger partial charge in [0.25, 0.3) is 11.8 Å². The highest BCUT2D eigenvalue weighted by molar-refractivity contribution is 7.20. The van der Waals surface area contributed by atoms with Crippen LogP contribution in [0.1, 0.15) is 32.1 Å². The number of thiazole rings is 1. The van der Waals surface area contributed by atoms with E-state index in [2.05, 4.69) is 9.97 Å². The summed E-state index contributed by atoms with van der Waals surface area (Å²) >= 11 is 9.21. The van der Waals surface area contributed by atoms with Crippen LogP contribution in [0.25, 0.3) is 9.88 Å². The van der Waals surface area contributed by atoms with Crippen molar-refractivity contribution >= 4 is 46.1 Å². The highest BCUT2D eigenvalue weighted by atomic mass is 35.5. The van der Waals surface area contributed by atoms with Gasteiger partial charge < -0.3 is 9.80 Å². The minimum atomic E-state index is -0.979. The van der Waals surface area contributed by atoms with Crippen molar-refractivity contribution in [3.63, 3.8) is 0 Å². The third-order valence-corrected chi connectivity index (χ3v) is 8.36. The quantitative estimate of drug-likeness (QED) is 0.407. The second-order valence-electron chi connectivity index (χ2n) is 7.93. The molecule has 4 aromatic rings. The first-order valence-corrected chi connectivity index (χ1v) is 12.5. The minimum absolute atomic E-state index is 0.118. The molecule has 3 aromatic heterocycles. The Morgan fingerprint density at radius 1 is 1.06 bits per heavy atom. The zero-order valence-electron chi connectivity index (χ0n) is 17.3. The number of rotatable bonds is 3. The fraction of sp³-hybridized carbons (Fsp3) is 0.167. The molecule has 2 aliphatic rings. The van der Waals surface area contributed by atoms with Crippen molar-refractivity contribution in [1.29, 1.82) is 0 Å². The number of aromatic nitrogens is 2. The predicted octanol–water partition coefficient (Wildman–Crippen LogP) is 4.93. The number of amides is 2. The van der Waals surface area contributed by atoms with E-state index >= 15 is 0 Å². The highest BCUT2D eigenvalue weighted by Crippen LogP contribution is 2.45. The van der Waals surface area contributed by atoms with Gasteiger partial charge in [-0.2, -0.15) is 0 Å². The Labute approximate surface area is 203 Å². The van der Waals surface area contributed by atoms with Crippen molar-refractivity contribution in [2.45, 2.75) is 12.1 Å². The van der Waals surface area contributed by atoms with Gasteiger partial charge in [0, 0.05) is 36.1 Å². The Hall–Kier alpha value is -3.07. The average molecular weight is 493 g/mol. The molecule has 9 heteroatoms. The van der Waals surface area contributed by atoms with Crippen LogP contribution >= 0.6 is 34.3 Å². The van der Waals surface area contributed by atoms with E-state index in [1.54, 1.807) is 57.0 Å². The molecule has 5 heterocycles. The van der Waals surface area contributed by atoms with Crippen LogP contribution in [0.4, 0.5) is 0 Å². The van der Waals surface area contributed by atoms with Crippen LogP contribution in [-0.4, -0.2) is 44.7 Å². The summed E-state index contributed by atoms with van der Waals surface area (Å²) < 4.78 is 0. The number of hydrogen-bond donors (Lipinski definition) is 0. The lowest BCUT2D eigenvalue weighted by Gasteiger charge is -2.46. The first-order chi connectivity index (χ1) is 16.1. The zero-order valence-corrected chi connectivity index (χ0v) is 19.7. The summed E-state index contributed by atoms with van der Waals surface area (Å²) in [5.74, 6) is -0.314. The molecule has 0 aliphatic carbocycles. The van der Waals surface area contributed by atoms with Crippen LogP contribution < -0.4 is 0 Å². The molecular weight excluding hydrogens is 476 g/mol. The first kappa shape index (κ1) is 20.5. The van der Waals surface area contributed by atoms with E-state index in [9.17, 15) is 9.59 Å². The Morgan fingerprint density at radius 3 is 2.70 bits per heavy atom. The number of carbonyl (C=O) groups excluding carboxylic acids is 2. The number of thiophene rings is 1. The molecule has 0 bridgehead atoms. The van der Waals surface area contributed by atoms with E-state index < -0.39 is 5.66 Å². The summed E-state index contributed by atoms with van der Waals surface area (Å²) in [5.41, 5.74) is 1.51. The lowest BCUT2D eigenvalue weighted by atomic mass is 9.86. The molecule has 1 aromatic carbocycles. The third kappa shape index (κ3) is 3.13. The van der Waals surface area contributed by atoms with Gasteiger partial charge in [0.2, 0.25) is 0 Å². The van der Waals surface area contributed by atoms with E-state index in [0.29, 0.717) is 41.5 Å². The molecule has 1 saturated heterocycles. The lowest BCUT2D eigenvalue weighted by molar-refractivity contribution is 0.00679. The van der Waals surface area contributed by atoms with Crippen LogP contribution in [-0.2, 0) is 12.1 Å². The van der Waals surface area contributed by atoms with Crippen LogP contribution in [0.2, 0.25) is 5.02 Å². The third-order valence-electron chi connectivity index (χ3n) is 6.23. The first-order valence-electron chi connectivity index (χ1n) is 10.4. The SMILES string of the molecule is O=C(c1csc(-c2cccs2)n1)N1CCN2C(=O)c3cccnc3C[C@]12c1ccc(Cl)cc1. The summed E-state index contributed by atoms with van der Waals surface area (Å²) in [4.78, 5) is 41.1. The maximum atomic E-state index is 13.8. The van der Waals surface area contributed by atoms with Crippen molar-refractivity contribution in [2.75, 3.05) is 13.1 Å². The fourth-order valence-electron chi connectivity index (χ4n) is 4.75. The molecule has 0 radical (unpaired) electrons. The topological polar surface area (TPSA) is 66.4 Å². The van der Waals surface area contributed by atoms with Gasteiger partial charge >= 0.3 is 0 Å². The van der Waals surface area contributed by atoms with Crippen LogP contribution in [0.3, 0.4) is 0 Å². The second kappa shape index (κ2) is 7.76. The number of pyridine rings is 1. The number of fused-ring (bicyclic) bond motifs is 2. The fourth-order valence-corrected chi connectivity index (χ4v) is 6.49. The molecule has 164 valence electrons. The van der Waals surface area contributed by atoms with E-state index in [0.717, 1.165) is 15.4 Å². The van der Waals surface area contributed by atoms with Gasteiger partial charge in [0.1, 0.15) is 16.4 Å². The summed E-state index contributed by atoms with van der Waals surface area (Å²) in [5, 5.41) is 5.20. The van der Waals surface area contributed by atoms with Crippen molar-refractivity contribution in [1.82, 2.24) is 19.8 Å². The van der Waals surface area contributed by atoms with Crippen LogP contribution in [0.15, 0.2) is 65.5 Å². The molecule has 1 atom stereocenters. The minimum Gasteiger partial charge on any atom is -0.309 e. The van der Waals surface area contributed by atoms with Gasteiger partial charge in [-0.15, -0.1) is 22.7 Å². The van der Waals surface area contributed by atoms with E-state index in [1.807, 2.05) is 29.6 Å². The molecule has 0 N–H and O–H groups in total. The van der Waals surface area contributed by atoms with Crippen molar-refractivity contribution in [2.24, 2.45) is 0 Å². The maximum Gasteiger partial charge on any atom is 0.275 e. The molecule has 0 spiro atoms. The lowest BCUT2D eigenvalue weighted by Crippen LogP contribution is -2.58. The van der Waals surface area contributed by atoms with Gasteiger partial charge in [0.05, 0.1) is 16.1 Å². The molecule has 2 aliphatic heterocycles. The smallest absolute Gasteiger partial charge is 0.275 e. The molecule has 33 heavy (non-hydrogen) atoms. The molecule has 2 amide bonds. The van der Waals surface area contributed by atoms with Gasteiger partial charge in [-0.25, -0.2) is 4.98 Å². The maximum absolute atomic E-state index is 13.8. The average Bonchev–Trinajstić information content (AvgIpc) is 3.59. The van der Waals surface area contributed by atoms with E-state index in [-0.39, 0.29) is 11.8 Å². The Kier molecular flexibility index (Phi) is 4.83. The van der Waals surface area contributed by atoms with Gasteiger partial charge in [-0.05, 0) is 41.3 Å². The molecular formula is C24H17ClN4O2S2. The molecule has 6 nitrogen and oxygen atoms in total. The predicted molar refractivity (Wildman–Crippen MR) is 129 cm³/mol. The second-order valence-corrected chi connectivity index (χ2v) is 10.2. The van der Waals surface area contributed by atoms with Crippen molar-refractivity contribution in [3.8, 4) is 9.88 Å². The molecule has 0 unspecified atom stereocenters. The molecule has 6 rings (SSSR count). The normalized spacial score (nSPS) is 19.5. The van der Waals surface area contributed by atoms with Crippen LogP contribution in [0.5, 0.6) is 0 Å². The number of carbonyl (C=O) groups is 2. The largest absolute Gasteiger partial charge is 0.309 e. The summed E-state index contributed by atoms with van der Waals surface area (Å²) in [7, 11) is 0. The highest BCUT2D eigenvalue weighted by Gasteiger charge is 2.56. The van der Waals surface area contributed by atoms with Gasteiger partial charge in [-0.3, -0.25) is 14.6 Å². The van der Waals surface area contributed by atoms with Gasteiger partial charge in [-0.1, -0.05) is 29.8 Å². The number of benzene rings is 1. The molecule has 0 saturated carbocycles. The zero-order chi connectivity index (χ0) is 22.6. The summed E-state index contributed by atoms with van der Waals surface area (Å²) in [6, 6.07) is 14.9. The van der Waals surface area contributed by atoms with Gasteiger partial charge in [0.15, 0.2) is 0 Å². The molecule has 1 fully saturated rings. The van der Waals surface area contributed by atoms with E-state index in [1.165, 1.54) is 11.3 Å². The standard InChI is InChI=1S/C24H17ClN4O2S2/c25-16-7-5-15(6-8-16)24-13-18-17(3-1-9-26-18)22(30)28(24)10-11-29(24)23(31)19-14-33-21(27-19)20-4-2-12-32-20/h1-9,12,14H,10-11,13H2/t24-/m1/s1. The number of nitrogens with zero attached hydrogens (tertiary/aromatic N) is 4. The van der Waals surface area contributed by atoms with Crippen molar-refractivity contribution in [3.05, 3.63) is 93.0 Å². The Balaban J connectivity index is 1.47. The Bertz CT molecular complexity index is 1370.